The van der Waals surface area contributed by atoms with E-state index in [9.17, 15) is 5.11 Å². The molecular formula is C14H20Cl2I2N2O. The van der Waals surface area contributed by atoms with Crippen molar-refractivity contribution in [2.24, 2.45) is 0 Å². The van der Waals surface area contributed by atoms with Crippen molar-refractivity contribution in [1.29, 1.82) is 0 Å². The average molecular weight is 557 g/mol. The zero-order valence-corrected chi connectivity index (χ0v) is 17.5. The summed E-state index contributed by atoms with van der Waals surface area (Å²) in [7, 11) is 0. The van der Waals surface area contributed by atoms with E-state index >= 15 is 0 Å². The van der Waals surface area contributed by atoms with Gasteiger partial charge in [0, 0.05) is 41.4 Å². The Morgan fingerprint density at radius 1 is 1.29 bits per heavy atom. The lowest BCUT2D eigenvalue weighted by atomic mass is 10.00. The van der Waals surface area contributed by atoms with Gasteiger partial charge in [-0.1, -0.05) is 6.08 Å². The maximum absolute atomic E-state index is 10.4. The summed E-state index contributed by atoms with van der Waals surface area (Å²) in [6.07, 6.45) is 2.81. The van der Waals surface area contributed by atoms with Gasteiger partial charge in [0.25, 0.3) is 0 Å². The third kappa shape index (κ3) is 5.69. The van der Waals surface area contributed by atoms with Crippen LogP contribution in [0.2, 0.25) is 0 Å². The fourth-order valence-corrected chi connectivity index (χ4v) is 4.35. The highest BCUT2D eigenvalue weighted by Gasteiger charge is 2.24. The molecule has 0 saturated carbocycles. The number of piperazine rings is 1. The number of aromatic hydroxyl groups is 1. The van der Waals surface area contributed by atoms with Gasteiger partial charge in [0.2, 0.25) is 0 Å². The van der Waals surface area contributed by atoms with Crippen molar-refractivity contribution in [3.63, 3.8) is 0 Å². The second kappa shape index (κ2) is 10.5. The molecule has 2 N–H and O–H groups in total. The van der Waals surface area contributed by atoms with E-state index in [0.29, 0.717) is 5.75 Å². The lowest BCUT2D eigenvalue weighted by molar-refractivity contribution is 0.172. The maximum atomic E-state index is 10.4. The van der Waals surface area contributed by atoms with E-state index in [1.54, 1.807) is 0 Å². The second-order valence-corrected chi connectivity index (χ2v) is 7.06. The van der Waals surface area contributed by atoms with Crippen LogP contribution in [0.15, 0.2) is 24.8 Å². The number of phenolic OH excluding ortho intramolecular Hbond substituents is 1. The molecule has 1 aromatic carbocycles. The molecule has 0 bridgehead atoms. The summed E-state index contributed by atoms with van der Waals surface area (Å²) in [5, 5.41) is 13.7. The normalized spacial score (nSPS) is 16.5. The maximum Gasteiger partial charge on any atom is 0.133 e. The first-order chi connectivity index (χ1) is 9.13. The topological polar surface area (TPSA) is 35.5 Å². The van der Waals surface area contributed by atoms with Crippen LogP contribution in [0, 0.1) is 7.14 Å². The van der Waals surface area contributed by atoms with Gasteiger partial charge in [-0.05, 0) is 63.7 Å². The first-order valence-corrected chi connectivity index (χ1v) is 8.52. The minimum Gasteiger partial charge on any atom is -0.506 e. The minimum absolute atomic E-state index is 0. The molecule has 0 radical (unpaired) electrons. The van der Waals surface area contributed by atoms with Crippen molar-refractivity contribution in [3.05, 3.63) is 37.5 Å². The Morgan fingerprint density at radius 2 is 1.90 bits per heavy atom. The SMILES string of the molecule is C=CC[C@@H](c1cc(I)cc(I)c1O)N1CCNCC1.Cl.Cl. The van der Waals surface area contributed by atoms with Gasteiger partial charge in [-0.2, -0.15) is 0 Å². The standard InChI is InChI=1S/C14H18I2N2O.2ClH/c1-2-3-13(18-6-4-17-5-7-18)11-8-10(15)9-12(16)14(11)19;;/h2,8-9,13,17,19H,1,3-7H2;2*1H/t13-;;/m0../s1. The van der Waals surface area contributed by atoms with Crippen molar-refractivity contribution in [2.45, 2.75) is 12.5 Å². The molecule has 0 spiro atoms. The molecular weight excluding hydrogens is 537 g/mol. The van der Waals surface area contributed by atoms with Crippen LogP contribution in [0.25, 0.3) is 0 Å². The van der Waals surface area contributed by atoms with E-state index in [0.717, 1.165) is 41.7 Å². The molecule has 120 valence electrons. The van der Waals surface area contributed by atoms with Crippen LogP contribution in [0.1, 0.15) is 18.0 Å². The van der Waals surface area contributed by atoms with E-state index in [2.05, 4.69) is 68.0 Å². The predicted octanol–water partition coefficient (Wildman–Crippen LogP) is 3.97. The molecule has 2 rings (SSSR count). The van der Waals surface area contributed by atoms with Gasteiger partial charge in [0.05, 0.1) is 3.57 Å². The molecule has 1 fully saturated rings. The van der Waals surface area contributed by atoms with Crippen LogP contribution in [0.5, 0.6) is 5.75 Å². The summed E-state index contributed by atoms with van der Waals surface area (Å²) < 4.78 is 2.09. The molecule has 21 heavy (non-hydrogen) atoms. The molecule has 1 heterocycles. The molecule has 0 aromatic heterocycles. The number of phenols is 1. The van der Waals surface area contributed by atoms with Gasteiger partial charge in [0.15, 0.2) is 0 Å². The summed E-state index contributed by atoms with van der Waals surface area (Å²) >= 11 is 4.50. The predicted molar refractivity (Wildman–Crippen MR) is 110 cm³/mol. The molecule has 1 aliphatic rings. The lowest BCUT2D eigenvalue weighted by Crippen LogP contribution is -2.45. The van der Waals surface area contributed by atoms with Gasteiger partial charge in [-0.25, -0.2) is 0 Å². The molecule has 1 aliphatic heterocycles. The molecule has 7 heteroatoms. The fraction of sp³-hybridized carbons (Fsp3) is 0.429. The van der Waals surface area contributed by atoms with Crippen molar-refractivity contribution < 1.29 is 5.11 Å². The van der Waals surface area contributed by atoms with Gasteiger partial charge < -0.3 is 10.4 Å². The van der Waals surface area contributed by atoms with Gasteiger partial charge >= 0.3 is 0 Å². The van der Waals surface area contributed by atoms with Crippen LogP contribution in [-0.4, -0.2) is 36.2 Å². The Kier molecular flexibility index (Phi) is 10.8. The Bertz CT molecular complexity index is 469. The molecule has 1 saturated heterocycles. The van der Waals surface area contributed by atoms with Gasteiger partial charge in [-0.15, -0.1) is 31.4 Å². The monoisotopic (exact) mass is 556 g/mol. The van der Waals surface area contributed by atoms with Crippen LogP contribution in [-0.2, 0) is 0 Å². The van der Waals surface area contributed by atoms with Crippen LogP contribution < -0.4 is 5.32 Å². The number of halogens is 4. The highest BCUT2D eigenvalue weighted by atomic mass is 127. The van der Waals surface area contributed by atoms with Crippen molar-refractivity contribution in [1.82, 2.24) is 10.2 Å². The summed E-state index contributed by atoms with van der Waals surface area (Å²) in [4.78, 5) is 2.43. The average Bonchev–Trinajstić information content (AvgIpc) is 2.41. The Morgan fingerprint density at radius 3 is 2.48 bits per heavy atom. The molecule has 1 atom stereocenters. The molecule has 0 aliphatic carbocycles. The van der Waals surface area contributed by atoms with E-state index in [1.807, 2.05) is 12.1 Å². The molecule has 0 amide bonds. The first kappa shape index (κ1) is 21.7. The highest BCUT2D eigenvalue weighted by Crippen LogP contribution is 2.36. The highest BCUT2D eigenvalue weighted by molar-refractivity contribution is 14.1. The number of hydrogen-bond acceptors (Lipinski definition) is 3. The summed E-state index contributed by atoms with van der Waals surface area (Å²) in [6.45, 7) is 7.91. The minimum atomic E-state index is 0. The van der Waals surface area contributed by atoms with E-state index < -0.39 is 0 Å². The number of rotatable bonds is 4. The summed E-state index contributed by atoms with van der Waals surface area (Å²) in [6, 6.07) is 4.32. The fourth-order valence-electron chi connectivity index (χ4n) is 2.46. The summed E-state index contributed by atoms with van der Waals surface area (Å²) in [5.74, 6) is 0.423. The zero-order valence-electron chi connectivity index (χ0n) is 11.5. The lowest BCUT2D eigenvalue weighted by Gasteiger charge is -2.35. The third-order valence-corrected chi connectivity index (χ3v) is 4.84. The second-order valence-electron chi connectivity index (χ2n) is 4.65. The number of nitrogens with one attached hydrogen (secondary N) is 1. The quantitative estimate of drug-likeness (QED) is 0.435. The van der Waals surface area contributed by atoms with Crippen molar-refractivity contribution in [2.75, 3.05) is 26.2 Å². The molecule has 3 nitrogen and oxygen atoms in total. The van der Waals surface area contributed by atoms with Gasteiger partial charge in [-0.3, -0.25) is 4.90 Å². The number of nitrogens with zero attached hydrogens (tertiary/aromatic N) is 1. The molecule has 1 aromatic rings. The van der Waals surface area contributed by atoms with Crippen molar-refractivity contribution in [3.8, 4) is 5.75 Å². The van der Waals surface area contributed by atoms with Crippen LogP contribution >= 0.6 is 70.0 Å². The zero-order chi connectivity index (χ0) is 13.8. The van der Waals surface area contributed by atoms with Crippen molar-refractivity contribution >= 4 is 70.0 Å². The largest absolute Gasteiger partial charge is 0.506 e. The van der Waals surface area contributed by atoms with Crippen LogP contribution in [0.4, 0.5) is 0 Å². The van der Waals surface area contributed by atoms with Gasteiger partial charge in [0.1, 0.15) is 5.75 Å². The number of benzene rings is 1. The summed E-state index contributed by atoms with van der Waals surface area (Å²) in [5.41, 5.74) is 1.03. The Hall–Kier alpha value is 0.720. The smallest absolute Gasteiger partial charge is 0.133 e. The van der Waals surface area contributed by atoms with E-state index in [4.69, 9.17) is 0 Å². The Labute approximate surface area is 166 Å². The molecule has 0 unspecified atom stereocenters. The van der Waals surface area contributed by atoms with E-state index in [-0.39, 0.29) is 30.9 Å². The van der Waals surface area contributed by atoms with Crippen LogP contribution in [0.3, 0.4) is 0 Å². The van der Waals surface area contributed by atoms with E-state index in [1.165, 1.54) is 3.57 Å². The Balaban J connectivity index is 0.00000200. The first-order valence-electron chi connectivity index (χ1n) is 6.37. The number of hydrogen-bond donors (Lipinski definition) is 2. The third-order valence-electron chi connectivity index (χ3n) is 3.40.